The van der Waals surface area contributed by atoms with Gasteiger partial charge in [0.15, 0.2) is 0 Å². The third kappa shape index (κ3) is 1.92. The van der Waals surface area contributed by atoms with Crippen molar-refractivity contribution in [2.45, 2.75) is 25.4 Å². The van der Waals surface area contributed by atoms with E-state index in [4.69, 9.17) is 4.74 Å². The fourth-order valence-corrected chi connectivity index (χ4v) is 3.48. The van der Waals surface area contributed by atoms with Crippen molar-refractivity contribution in [2.75, 3.05) is 6.61 Å². The summed E-state index contributed by atoms with van der Waals surface area (Å²) in [5.74, 6) is 1.28. The molecule has 20 heavy (non-hydrogen) atoms. The first-order chi connectivity index (χ1) is 9.81. The highest BCUT2D eigenvalue weighted by Crippen LogP contribution is 2.37. The lowest BCUT2D eigenvalue weighted by Gasteiger charge is -2.18. The summed E-state index contributed by atoms with van der Waals surface area (Å²) >= 11 is 0. The lowest BCUT2D eigenvalue weighted by atomic mass is 9.92. The van der Waals surface area contributed by atoms with Crippen LogP contribution in [0, 0.1) is 5.92 Å². The Hall–Kier alpha value is -1.80. The molecule has 1 aliphatic heterocycles. The Morgan fingerprint density at radius 1 is 1.00 bits per heavy atom. The fourth-order valence-electron chi connectivity index (χ4n) is 3.48. The smallest absolute Gasteiger partial charge is 0.122 e. The van der Waals surface area contributed by atoms with Crippen LogP contribution in [-0.2, 0) is 19.3 Å². The van der Waals surface area contributed by atoms with Crippen LogP contribution in [0.5, 0.6) is 5.75 Å². The summed E-state index contributed by atoms with van der Waals surface area (Å²) in [5, 5.41) is 10.7. The van der Waals surface area contributed by atoms with E-state index in [1.165, 1.54) is 16.7 Å². The number of aliphatic hydroxyl groups is 1. The Bertz CT molecular complexity index is 623. The molecule has 1 heterocycles. The Kier molecular flexibility index (Phi) is 2.78. The first-order valence-corrected chi connectivity index (χ1v) is 7.32. The zero-order valence-electron chi connectivity index (χ0n) is 11.4. The number of hydrogen-bond acceptors (Lipinski definition) is 2. The van der Waals surface area contributed by atoms with Crippen molar-refractivity contribution in [3.8, 4) is 5.75 Å². The molecule has 1 aliphatic carbocycles. The summed E-state index contributed by atoms with van der Waals surface area (Å²) in [7, 11) is 0. The molecular formula is C18H18O2. The van der Waals surface area contributed by atoms with Gasteiger partial charge in [-0.15, -0.1) is 0 Å². The number of aliphatic hydroxyl groups excluding tert-OH is 1. The van der Waals surface area contributed by atoms with E-state index in [0.717, 1.165) is 37.2 Å². The van der Waals surface area contributed by atoms with E-state index in [-0.39, 0.29) is 6.10 Å². The van der Waals surface area contributed by atoms with Gasteiger partial charge in [-0.3, -0.25) is 0 Å². The Morgan fingerprint density at radius 3 is 2.50 bits per heavy atom. The first kappa shape index (κ1) is 12.0. The molecule has 2 aromatic carbocycles. The van der Waals surface area contributed by atoms with Gasteiger partial charge >= 0.3 is 0 Å². The monoisotopic (exact) mass is 266 g/mol. The van der Waals surface area contributed by atoms with E-state index in [1.54, 1.807) is 0 Å². The van der Waals surface area contributed by atoms with Crippen LogP contribution in [0.25, 0.3) is 0 Å². The number of fused-ring (bicyclic) bond motifs is 2. The van der Waals surface area contributed by atoms with Crippen LogP contribution in [0.3, 0.4) is 0 Å². The average molecular weight is 266 g/mol. The average Bonchev–Trinajstić information content (AvgIpc) is 3.11. The second-order valence-corrected chi connectivity index (χ2v) is 5.85. The van der Waals surface area contributed by atoms with Crippen LogP contribution in [0.1, 0.15) is 28.4 Å². The molecule has 0 aromatic heterocycles. The molecule has 2 heteroatoms. The minimum Gasteiger partial charge on any atom is -0.493 e. The fraction of sp³-hybridized carbons (Fsp3) is 0.333. The van der Waals surface area contributed by atoms with Crippen LogP contribution >= 0.6 is 0 Å². The lowest BCUT2D eigenvalue weighted by Crippen LogP contribution is -2.13. The quantitative estimate of drug-likeness (QED) is 0.905. The van der Waals surface area contributed by atoms with Crippen LogP contribution in [-0.4, -0.2) is 11.7 Å². The number of rotatable bonds is 2. The van der Waals surface area contributed by atoms with Gasteiger partial charge in [0.2, 0.25) is 0 Å². The zero-order chi connectivity index (χ0) is 13.5. The topological polar surface area (TPSA) is 29.5 Å². The predicted molar refractivity (Wildman–Crippen MR) is 77.9 cm³/mol. The molecule has 0 saturated heterocycles. The van der Waals surface area contributed by atoms with E-state index < -0.39 is 0 Å². The Labute approximate surface area is 119 Å². The summed E-state index contributed by atoms with van der Waals surface area (Å²) in [6, 6.07) is 14.7. The zero-order valence-corrected chi connectivity index (χ0v) is 11.4. The summed E-state index contributed by atoms with van der Waals surface area (Å²) in [4.78, 5) is 0. The molecule has 2 aromatic rings. The highest BCUT2D eigenvalue weighted by Gasteiger charge is 2.28. The van der Waals surface area contributed by atoms with Gasteiger partial charge in [0.1, 0.15) is 5.75 Å². The molecule has 0 bridgehead atoms. The van der Waals surface area contributed by atoms with Crippen molar-refractivity contribution >= 4 is 0 Å². The molecule has 0 amide bonds. The molecule has 0 fully saturated rings. The van der Waals surface area contributed by atoms with E-state index in [9.17, 15) is 5.11 Å². The molecule has 102 valence electrons. The van der Waals surface area contributed by atoms with Gasteiger partial charge in [-0.1, -0.05) is 30.3 Å². The Balaban J connectivity index is 1.58. The lowest BCUT2D eigenvalue weighted by molar-refractivity contribution is 0.113. The number of ether oxygens (including phenoxy) is 1. The van der Waals surface area contributed by atoms with Gasteiger partial charge in [0.25, 0.3) is 0 Å². The van der Waals surface area contributed by atoms with Crippen molar-refractivity contribution in [1.82, 2.24) is 0 Å². The predicted octanol–water partition coefficient (Wildman–Crippen LogP) is 3.07. The van der Waals surface area contributed by atoms with Crippen molar-refractivity contribution in [2.24, 2.45) is 5.92 Å². The third-order valence-electron chi connectivity index (χ3n) is 4.58. The molecule has 4 rings (SSSR count). The van der Waals surface area contributed by atoms with E-state index in [2.05, 4.69) is 30.3 Å². The summed E-state index contributed by atoms with van der Waals surface area (Å²) < 4.78 is 5.53. The van der Waals surface area contributed by atoms with E-state index >= 15 is 0 Å². The molecule has 1 atom stereocenters. The van der Waals surface area contributed by atoms with Gasteiger partial charge in [-0.25, -0.2) is 0 Å². The Morgan fingerprint density at radius 2 is 1.75 bits per heavy atom. The van der Waals surface area contributed by atoms with Crippen molar-refractivity contribution in [3.05, 3.63) is 64.7 Å². The van der Waals surface area contributed by atoms with Crippen LogP contribution in [0.2, 0.25) is 0 Å². The summed E-state index contributed by atoms with van der Waals surface area (Å²) in [6.07, 6.45) is 2.53. The molecule has 0 saturated carbocycles. The standard InChI is InChI=1S/C18H18O2/c19-18(15-5-6-17-14(11-15)7-8-20-17)16-9-12-3-1-2-4-13(12)10-16/h1-6,11,16,18-19H,7-10H2. The SMILES string of the molecule is OC(c1ccc2c(c1)CCO2)C1Cc2ccccc2C1. The molecule has 0 radical (unpaired) electrons. The van der Waals surface area contributed by atoms with E-state index in [1.807, 2.05) is 12.1 Å². The van der Waals surface area contributed by atoms with Crippen LogP contribution in [0.4, 0.5) is 0 Å². The van der Waals surface area contributed by atoms with Crippen LogP contribution < -0.4 is 4.74 Å². The van der Waals surface area contributed by atoms with E-state index in [0.29, 0.717) is 5.92 Å². The number of hydrogen-bond donors (Lipinski definition) is 1. The highest BCUT2D eigenvalue weighted by atomic mass is 16.5. The minimum absolute atomic E-state index is 0.299. The van der Waals surface area contributed by atoms with Gasteiger partial charge in [0.05, 0.1) is 12.7 Å². The maximum atomic E-state index is 10.7. The van der Waals surface area contributed by atoms with Gasteiger partial charge in [-0.2, -0.15) is 0 Å². The molecule has 2 aliphatic rings. The normalized spacial score (nSPS) is 18.4. The molecule has 1 N–H and O–H groups in total. The highest BCUT2D eigenvalue weighted by molar-refractivity contribution is 5.41. The van der Waals surface area contributed by atoms with Gasteiger partial charge in [0, 0.05) is 6.42 Å². The van der Waals surface area contributed by atoms with Gasteiger partial charge < -0.3 is 9.84 Å². The van der Waals surface area contributed by atoms with Gasteiger partial charge in [-0.05, 0) is 53.1 Å². The third-order valence-corrected chi connectivity index (χ3v) is 4.58. The molecule has 0 spiro atoms. The van der Waals surface area contributed by atoms with Crippen molar-refractivity contribution < 1.29 is 9.84 Å². The molecular weight excluding hydrogens is 248 g/mol. The van der Waals surface area contributed by atoms with Crippen LogP contribution in [0.15, 0.2) is 42.5 Å². The van der Waals surface area contributed by atoms with Crippen molar-refractivity contribution in [3.63, 3.8) is 0 Å². The maximum Gasteiger partial charge on any atom is 0.122 e. The minimum atomic E-state index is -0.381. The number of benzene rings is 2. The first-order valence-electron chi connectivity index (χ1n) is 7.32. The largest absolute Gasteiger partial charge is 0.493 e. The summed E-state index contributed by atoms with van der Waals surface area (Å²) in [6.45, 7) is 0.768. The molecule has 2 nitrogen and oxygen atoms in total. The maximum absolute atomic E-state index is 10.7. The second-order valence-electron chi connectivity index (χ2n) is 5.85. The molecule has 1 unspecified atom stereocenters. The second kappa shape index (κ2) is 4.64. The van der Waals surface area contributed by atoms with Crippen molar-refractivity contribution in [1.29, 1.82) is 0 Å². The summed E-state index contributed by atoms with van der Waals surface area (Å²) in [5.41, 5.74) is 5.05.